The van der Waals surface area contributed by atoms with Crippen molar-refractivity contribution in [2.75, 3.05) is 11.9 Å². The average Bonchev–Trinajstić information content (AvgIpc) is 3.33. The average molecular weight is 408 g/mol. The molecule has 0 radical (unpaired) electrons. The lowest BCUT2D eigenvalue weighted by Gasteiger charge is -2.03. The molecule has 0 saturated heterocycles. The van der Waals surface area contributed by atoms with Gasteiger partial charge in [0.25, 0.3) is 0 Å². The van der Waals surface area contributed by atoms with Gasteiger partial charge in [0.15, 0.2) is 0 Å². The Morgan fingerprint density at radius 3 is 2.79 bits per heavy atom. The molecular weight excluding hydrogens is 388 g/mol. The lowest BCUT2D eigenvalue weighted by atomic mass is 10.2. The van der Waals surface area contributed by atoms with E-state index < -0.39 is 0 Å². The molecule has 29 heavy (non-hydrogen) atoms. The Bertz CT molecular complexity index is 1130. The minimum absolute atomic E-state index is 0.105. The maximum absolute atomic E-state index is 12.3. The fraction of sp³-hybridized carbons (Fsp3) is 0.238. The summed E-state index contributed by atoms with van der Waals surface area (Å²) in [4.78, 5) is 21.1. The Kier molecular flexibility index (Phi) is 5.53. The zero-order valence-electron chi connectivity index (χ0n) is 16.1. The van der Waals surface area contributed by atoms with Crippen LogP contribution in [-0.4, -0.2) is 27.6 Å². The molecule has 0 bridgehead atoms. The fourth-order valence-electron chi connectivity index (χ4n) is 2.90. The molecule has 1 amide bonds. The smallest absolute Gasteiger partial charge is 0.227 e. The van der Waals surface area contributed by atoms with E-state index in [2.05, 4.69) is 20.4 Å². The van der Waals surface area contributed by atoms with Crippen molar-refractivity contribution < 1.29 is 14.1 Å². The van der Waals surface area contributed by atoms with Crippen LogP contribution in [0.15, 0.2) is 47.0 Å². The minimum atomic E-state index is -0.105. The first-order chi connectivity index (χ1) is 14.1. The number of benzene rings is 2. The van der Waals surface area contributed by atoms with Crippen molar-refractivity contribution in [3.63, 3.8) is 0 Å². The molecule has 2 aromatic heterocycles. The summed E-state index contributed by atoms with van der Waals surface area (Å²) in [5, 5.41) is 7.91. The van der Waals surface area contributed by atoms with Crippen LogP contribution in [0.5, 0.6) is 5.75 Å². The number of thiazole rings is 1. The molecule has 4 aromatic rings. The molecule has 8 heteroatoms. The third kappa shape index (κ3) is 4.60. The normalized spacial score (nSPS) is 11.0. The zero-order chi connectivity index (χ0) is 20.2. The summed E-state index contributed by atoms with van der Waals surface area (Å²) in [7, 11) is 0. The second-order valence-corrected chi connectivity index (χ2v) is 7.67. The van der Waals surface area contributed by atoms with E-state index in [9.17, 15) is 4.79 Å². The molecule has 0 aliphatic rings. The van der Waals surface area contributed by atoms with Gasteiger partial charge in [-0.25, -0.2) is 4.98 Å². The summed E-state index contributed by atoms with van der Waals surface area (Å²) in [6.07, 6.45) is 0.627. The number of amides is 1. The summed E-state index contributed by atoms with van der Waals surface area (Å²) in [5.74, 6) is 1.61. The fourth-order valence-corrected chi connectivity index (χ4v) is 3.77. The van der Waals surface area contributed by atoms with Gasteiger partial charge in [0.2, 0.25) is 17.6 Å². The molecular formula is C21H20N4O3S. The molecule has 0 aliphatic carbocycles. The van der Waals surface area contributed by atoms with E-state index >= 15 is 0 Å². The number of aryl methyl sites for hydroxylation is 2. The number of aromatic nitrogens is 3. The number of hydrogen-bond acceptors (Lipinski definition) is 7. The lowest BCUT2D eigenvalue weighted by molar-refractivity contribution is -0.116. The number of carbonyl (C=O) groups excluding carboxylic acids is 1. The Morgan fingerprint density at radius 1 is 1.17 bits per heavy atom. The maximum atomic E-state index is 12.3. The Morgan fingerprint density at radius 2 is 2.00 bits per heavy atom. The first-order valence-corrected chi connectivity index (χ1v) is 10.2. The summed E-state index contributed by atoms with van der Waals surface area (Å²) >= 11 is 1.60. The van der Waals surface area contributed by atoms with Crippen LogP contribution < -0.4 is 10.1 Å². The third-order valence-electron chi connectivity index (χ3n) is 4.24. The van der Waals surface area contributed by atoms with Gasteiger partial charge in [0, 0.05) is 24.1 Å². The highest BCUT2D eigenvalue weighted by molar-refractivity contribution is 7.18. The highest BCUT2D eigenvalue weighted by Gasteiger charge is 2.12. The number of nitrogens with one attached hydrogen (secondary N) is 1. The van der Waals surface area contributed by atoms with Crippen LogP contribution in [0.2, 0.25) is 0 Å². The van der Waals surface area contributed by atoms with Crippen LogP contribution in [0.25, 0.3) is 21.6 Å². The largest absolute Gasteiger partial charge is 0.494 e. The molecule has 0 unspecified atom stereocenters. The summed E-state index contributed by atoms with van der Waals surface area (Å²) < 4.78 is 11.8. The van der Waals surface area contributed by atoms with E-state index in [0.717, 1.165) is 32.2 Å². The summed E-state index contributed by atoms with van der Waals surface area (Å²) in [6, 6.07) is 13.2. The molecule has 0 fully saturated rings. The van der Waals surface area contributed by atoms with Crippen LogP contribution in [-0.2, 0) is 11.2 Å². The number of anilines is 1. The van der Waals surface area contributed by atoms with Crippen molar-refractivity contribution in [3.05, 3.63) is 53.4 Å². The first kappa shape index (κ1) is 19.1. The van der Waals surface area contributed by atoms with Crippen molar-refractivity contribution in [1.82, 2.24) is 15.1 Å². The number of fused-ring (bicyclic) bond motifs is 1. The number of carbonyl (C=O) groups is 1. The predicted octanol–water partition coefficient (Wildman–Crippen LogP) is 4.62. The predicted molar refractivity (Wildman–Crippen MR) is 112 cm³/mol. The highest BCUT2D eigenvalue weighted by Crippen LogP contribution is 2.25. The lowest BCUT2D eigenvalue weighted by Crippen LogP contribution is -2.12. The highest BCUT2D eigenvalue weighted by atomic mass is 32.1. The van der Waals surface area contributed by atoms with Gasteiger partial charge in [-0.2, -0.15) is 4.98 Å². The maximum Gasteiger partial charge on any atom is 0.227 e. The van der Waals surface area contributed by atoms with E-state index in [1.807, 2.05) is 56.3 Å². The van der Waals surface area contributed by atoms with E-state index in [-0.39, 0.29) is 12.3 Å². The molecule has 148 valence electrons. The molecule has 0 saturated carbocycles. The SMILES string of the molecule is CCOc1ccc(-c2noc(CCC(=O)Nc3ccc4nc(C)sc4c3)n2)cc1. The third-order valence-corrected chi connectivity index (χ3v) is 5.17. The van der Waals surface area contributed by atoms with Gasteiger partial charge in [-0.3, -0.25) is 4.79 Å². The Hall–Kier alpha value is -3.26. The van der Waals surface area contributed by atoms with Gasteiger partial charge in [0.05, 0.1) is 21.8 Å². The van der Waals surface area contributed by atoms with Gasteiger partial charge in [-0.1, -0.05) is 5.16 Å². The van der Waals surface area contributed by atoms with Crippen LogP contribution in [0, 0.1) is 6.92 Å². The van der Waals surface area contributed by atoms with Crippen LogP contribution in [0.3, 0.4) is 0 Å². The molecule has 0 atom stereocenters. The van der Waals surface area contributed by atoms with Crippen molar-refractivity contribution in [1.29, 1.82) is 0 Å². The van der Waals surface area contributed by atoms with Gasteiger partial charge in [0.1, 0.15) is 5.75 Å². The van der Waals surface area contributed by atoms with Crippen molar-refractivity contribution in [2.45, 2.75) is 26.7 Å². The number of nitrogens with zero attached hydrogens (tertiary/aromatic N) is 3. The van der Waals surface area contributed by atoms with Gasteiger partial charge in [-0.15, -0.1) is 11.3 Å². The first-order valence-electron chi connectivity index (χ1n) is 9.33. The quantitative estimate of drug-likeness (QED) is 0.480. The van der Waals surface area contributed by atoms with Crippen LogP contribution >= 0.6 is 11.3 Å². The van der Waals surface area contributed by atoms with Crippen LogP contribution in [0.1, 0.15) is 24.2 Å². The molecule has 7 nitrogen and oxygen atoms in total. The minimum Gasteiger partial charge on any atom is -0.494 e. The summed E-state index contributed by atoms with van der Waals surface area (Å²) in [5.41, 5.74) is 2.53. The second-order valence-electron chi connectivity index (χ2n) is 6.43. The van der Waals surface area contributed by atoms with Crippen molar-refractivity contribution in [2.24, 2.45) is 0 Å². The van der Waals surface area contributed by atoms with Crippen molar-refractivity contribution in [3.8, 4) is 17.1 Å². The number of rotatable bonds is 7. The second kappa shape index (κ2) is 8.40. The van der Waals surface area contributed by atoms with Crippen molar-refractivity contribution >= 4 is 33.1 Å². The van der Waals surface area contributed by atoms with E-state index in [4.69, 9.17) is 9.26 Å². The Labute approximate surface area is 171 Å². The van der Waals surface area contributed by atoms with E-state index in [1.165, 1.54) is 0 Å². The molecule has 0 aliphatic heterocycles. The molecule has 4 rings (SSSR count). The van der Waals surface area contributed by atoms with Gasteiger partial charge >= 0.3 is 0 Å². The van der Waals surface area contributed by atoms with E-state index in [0.29, 0.717) is 24.7 Å². The standard InChI is InChI=1S/C21H20N4O3S/c1-3-27-16-7-4-14(5-8-16)21-24-20(28-25-21)11-10-19(26)23-15-6-9-17-18(12-15)29-13(2)22-17/h4-9,12H,3,10-11H2,1-2H3,(H,23,26). The van der Waals surface area contributed by atoms with Crippen LogP contribution in [0.4, 0.5) is 5.69 Å². The zero-order valence-corrected chi connectivity index (χ0v) is 17.0. The Balaban J connectivity index is 1.34. The molecule has 2 aromatic carbocycles. The van der Waals surface area contributed by atoms with Gasteiger partial charge < -0.3 is 14.6 Å². The monoisotopic (exact) mass is 408 g/mol. The molecule has 1 N–H and O–H groups in total. The van der Waals surface area contributed by atoms with Gasteiger partial charge in [-0.05, 0) is 56.3 Å². The molecule has 2 heterocycles. The summed E-state index contributed by atoms with van der Waals surface area (Å²) in [6.45, 7) is 4.52. The molecule has 0 spiro atoms. The van der Waals surface area contributed by atoms with E-state index in [1.54, 1.807) is 11.3 Å². The topological polar surface area (TPSA) is 90.1 Å². The number of ether oxygens (including phenoxy) is 1. The number of hydrogen-bond donors (Lipinski definition) is 1.